The summed E-state index contributed by atoms with van der Waals surface area (Å²) in [7, 11) is 0. The van der Waals surface area contributed by atoms with Crippen LogP contribution in [0, 0.1) is 10.1 Å². The monoisotopic (exact) mass is 281 g/mol. The van der Waals surface area contributed by atoms with E-state index in [4.69, 9.17) is 14.2 Å². The van der Waals surface area contributed by atoms with E-state index in [0.717, 1.165) is 26.0 Å². The maximum absolute atomic E-state index is 11.1. The SMILES string of the molecule is O=[N+]([O-])c1cc2c(cc1C[NH2+]C[C@H]1CCCO1)OCO2. The smallest absolute Gasteiger partial charge is 0.282 e. The van der Waals surface area contributed by atoms with Crippen molar-refractivity contribution in [3.8, 4) is 11.5 Å². The van der Waals surface area contributed by atoms with E-state index in [1.54, 1.807) is 6.07 Å². The Balaban J connectivity index is 1.69. The summed E-state index contributed by atoms with van der Waals surface area (Å²) in [5.41, 5.74) is 0.732. The molecule has 2 heterocycles. The van der Waals surface area contributed by atoms with Gasteiger partial charge in [0.1, 0.15) is 19.2 Å². The van der Waals surface area contributed by atoms with E-state index < -0.39 is 0 Å². The molecule has 1 atom stereocenters. The molecule has 0 aromatic heterocycles. The van der Waals surface area contributed by atoms with Crippen LogP contribution in [0.3, 0.4) is 0 Å². The molecular weight excluding hydrogens is 264 g/mol. The highest BCUT2D eigenvalue weighted by atomic mass is 16.7. The number of nitrogens with zero attached hydrogens (tertiary/aromatic N) is 1. The van der Waals surface area contributed by atoms with Crippen LogP contribution in [0.4, 0.5) is 5.69 Å². The summed E-state index contributed by atoms with van der Waals surface area (Å²) in [6.07, 6.45) is 2.44. The van der Waals surface area contributed by atoms with Gasteiger partial charge < -0.3 is 19.5 Å². The third kappa shape index (κ3) is 2.68. The fourth-order valence-corrected chi connectivity index (χ4v) is 2.56. The zero-order valence-electron chi connectivity index (χ0n) is 11.0. The summed E-state index contributed by atoms with van der Waals surface area (Å²) < 4.78 is 16.0. The Morgan fingerprint density at radius 1 is 1.35 bits per heavy atom. The molecular formula is C13H17N2O5+. The van der Waals surface area contributed by atoms with Gasteiger partial charge in [0.2, 0.25) is 6.79 Å². The van der Waals surface area contributed by atoms with E-state index in [1.807, 2.05) is 5.32 Å². The molecule has 2 aliphatic rings. The van der Waals surface area contributed by atoms with Gasteiger partial charge in [0, 0.05) is 6.61 Å². The molecule has 3 rings (SSSR count). The number of ether oxygens (including phenoxy) is 3. The van der Waals surface area contributed by atoms with Gasteiger partial charge in [0.15, 0.2) is 11.5 Å². The highest BCUT2D eigenvalue weighted by molar-refractivity contribution is 5.54. The lowest BCUT2D eigenvalue weighted by Gasteiger charge is -2.08. The lowest BCUT2D eigenvalue weighted by Crippen LogP contribution is -2.84. The first-order valence-corrected chi connectivity index (χ1v) is 6.74. The molecule has 1 aromatic rings. The van der Waals surface area contributed by atoms with Crippen LogP contribution in [-0.2, 0) is 11.3 Å². The summed E-state index contributed by atoms with van der Waals surface area (Å²) in [4.78, 5) is 10.7. The number of nitrogens with two attached hydrogens (primary N) is 1. The second kappa shape index (κ2) is 5.64. The van der Waals surface area contributed by atoms with Crippen LogP contribution in [0.1, 0.15) is 18.4 Å². The Morgan fingerprint density at radius 2 is 2.15 bits per heavy atom. The molecule has 108 valence electrons. The zero-order chi connectivity index (χ0) is 13.9. The van der Waals surface area contributed by atoms with E-state index in [9.17, 15) is 10.1 Å². The number of rotatable bonds is 5. The number of quaternary nitrogens is 1. The predicted octanol–water partition coefficient (Wildman–Crippen LogP) is 0.566. The van der Waals surface area contributed by atoms with E-state index >= 15 is 0 Å². The highest BCUT2D eigenvalue weighted by Gasteiger charge is 2.24. The van der Waals surface area contributed by atoms with Crippen molar-refractivity contribution in [3.63, 3.8) is 0 Å². The van der Waals surface area contributed by atoms with Gasteiger partial charge in [-0.25, -0.2) is 0 Å². The van der Waals surface area contributed by atoms with E-state index in [1.165, 1.54) is 6.07 Å². The Hall–Kier alpha value is -1.86. The Kier molecular flexibility index (Phi) is 3.70. The van der Waals surface area contributed by atoms with Crippen LogP contribution in [0.25, 0.3) is 0 Å². The Labute approximate surface area is 116 Å². The number of fused-ring (bicyclic) bond motifs is 1. The number of hydrogen-bond acceptors (Lipinski definition) is 5. The summed E-state index contributed by atoms with van der Waals surface area (Å²) in [6, 6.07) is 3.14. The van der Waals surface area contributed by atoms with Gasteiger partial charge >= 0.3 is 0 Å². The molecule has 0 spiro atoms. The summed E-state index contributed by atoms with van der Waals surface area (Å²) >= 11 is 0. The number of nitro benzene ring substituents is 1. The highest BCUT2D eigenvalue weighted by Crippen LogP contribution is 2.37. The first kappa shape index (κ1) is 13.1. The van der Waals surface area contributed by atoms with Crippen molar-refractivity contribution in [2.75, 3.05) is 19.9 Å². The van der Waals surface area contributed by atoms with E-state index in [-0.39, 0.29) is 23.5 Å². The minimum absolute atomic E-state index is 0.0813. The lowest BCUT2D eigenvalue weighted by molar-refractivity contribution is -0.676. The third-order valence-electron chi connectivity index (χ3n) is 3.59. The second-order valence-corrected chi connectivity index (χ2v) is 4.95. The molecule has 1 saturated heterocycles. The summed E-state index contributed by atoms with van der Waals surface area (Å²) in [5, 5.41) is 13.2. The molecule has 20 heavy (non-hydrogen) atoms. The molecule has 0 saturated carbocycles. The molecule has 0 radical (unpaired) electrons. The predicted molar refractivity (Wildman–Crippen MR) is 68.7 cm³/mol. The number of nitro groups is 1. The molecule has 0 aliphatic carbocycles. The molecule has 1 fully saturated rings. The Bertz CT molecular complexity index is 514. The van der Waals surface area contributed by atoms with Crippen molar-refractivity contribution in [3.05, 3.63) is 27.8 Å². The minimum Gasteiger partial charge on any atom is -0.454 e. The molecule has 0 unspecified atom stereocenters. The normalized spacial score (nSPS) is 20.3. The quantitative estimate of drug-likeness (QED) is 0.629. The van der Waals surface area contributed by atoms with Crippen molar-refractivity contribution in [1.82, 2.24) is 0 Å². The first-order chi connectivity index (χ1) is 9.74. The van der Waals surface area contributed by atoms with Gasteiger partial charge in [0.25, 0.3) is 5.69 Å². The minimum atomic E-state index is -0.378. The Morgan fingerprint density at radius 3 is 2.85 bits per heavy atom. The molecule has 2 N–H and O–H groups in total. The van der Waals surface area contributed by atoms with Gasteiger partial charge in [-0.1, -0.05) is 0 Å². The van der Waals surface area contributed by atoms with Crippen molar-refractivity contribution >= 4 is 5.69 Å². The van der Waals surface area contributed by atoms with Gasteiger partial charge in [-0.3, -0.25) is 10.1 Å². The van der Waals surface area contributed by atoms with Crippen molar-refractivity contribution < 1.29 is 24.5 Å². The van der Waals surface area contributed by atoms with Gasteiger partial charge in [-0.05, 0) is 18.9 Å². The van der Waals surface area contributed by atoms with Crippen LogP contribution < -0.4 is 14.8 Å². The summed E-state index contributed by atoms with van der Waals surface area (Å²) in [5.74, 6) is 1.02. The van der Waals surface area contributed by atoms with E-state index in [2.05, 4.69) is 0 Å². The third-order valence-corrected chi connectivity index (χ3v) is 3.59. The fourth-order valence-electron chi connectivity index (χ4n) is 2.56. The molecule has 2 aliphatic heterocycles. The van der Waals surface area contributed by atoms with Crippen molar-refractivity contribution in [2.45, 2.75) is 25.5 Å². The van der Waals surface area contributed by atoms with Crippen molar-refractivity contribution in [1.29, 1.82) is 0 Å². The van der Waals surface area contributed by atoms with Gasteiger partial charge in [-0.15, -0.1) is 0 Å². The first-order valence-electron chi connectivity index (χ1n) is 6.74. The summed E-state index contributed by atoms with van der Waals surface area (Å²) in [6.45, 7) is 2.30. The fraction of sp³-hybridized carbons (Fsp3) is 0.538. The number of hydrogen-bond donors (Lipinski definition) is 1. The van der Waals surface area contributed by atoms with Crippen molar-refractivity contribution in [2.24, 2.45) is 0 Å². The molecule has 0 bridgehead atoms. The van der Waals surface area contributed by atoms with E-state index in [0.29, 0.717) is 23.6 Å². The van der Waals surface area contributed by atoms with Gasteiger partial charge in [0.05, 0.1) is 16.6 Å². The largest absolute Gasteiger partial charge is 0.454 e. The molecule has 7 heteroatoms. The van der Waals surface area contributed by atoms with Crippen LogP contribution in [0.2, 0.25) is 0 Å². The standard InChI is InChI=1S/C13H16N2O5/c16-15(17)11-5-13-12(19-8-20-13)4-9(11)6-14-7-10-2-1-3-18-10/h4-5,10,14H,1-3,6-8H2/p+1/t10-/m1/s1. The maximum Gasteiger partial charge on any atom is 0.282 e. The topological polar surface area (TPSA) is 87.4 Å². The van der Waals surface area contributed by atoms with Gasteiger partial charge in [-0.2, -0.15) is 0 Å². The molecule has 7 nitrogen and oxygen atoms in total. The van der Waals surface area contributed by atoms with Crippen LogP contribution in [0.5, 0.6) is 11.5 Å². The second-order valence-electron chi connectivity index (χ2n) is 4.95. The van der Waals surface area contributed by atoms with Crippen LogP contribution in [0.15, 0.2) is 12.1 Å². The molecule has 1 aromatic carbocycles. The van der Waals surface area contributed by atoms with Crippen LogP contribution in [-0.4, -0.2) is 31.0 Å². The number of benzene rings is 1. The lowest BCUT2D eigenvalue weighted by atomic mass is 10.1. The molecule has 0 amide bonds. The average molecular weight is 281 g/mol. The average Bonchev–Trinajstić information content (AvgIpc) is 3.07. The zero-order valence-corrected chi connectivity index (χ0v) is 11.0. The van der Waals surface area contributed by atoms with Crippen LogP contribution >= 0.6 is 0 Å². The maximum atomic E-state index is 11.1.